The van der Waals surface area contributed by atoms with Crippen LogP contribution in [0.15, 0.2) is 48.6 Å². The van der Waals surface area contributed by atoms with Gasteiger partial charge in [0.05, 0.1) is 21.8 Å². The predicted molar refractivity (Wildman–Crippen MR) is 94.0 cm³/mol. The maximum atomic E-state index is 6.48. The number of allylic oxidation sites excluding steroid dienone is 2. The molecule has 0 fully saturated rings. The summed E-state index contributed by atoms with van der Waals surface area (Å²) < 4.78 is 0. The quantitative estimate of drug-likeness (QED) is 0.620. The van der Waals surface area contributed by atoms with Crippen molar-refractivity contribution in [2.45, 2.75) is 25.3 Å². The normalized spacial score (nSPS) is 25.5. The number of aryl methyl sites for hydroxylation is 1. The van der Waals surface area contributed by atoms with E-state index in [1.54, 1.807) is 0 Å². The van der Waals surface area contributed by atoms with Gasteiger partial charge >= 0.3 is 0 Å². The molecule has 1 heterocycles. The Bertz CT molecular complexity index is 766. The molecule has 0 saturated heterocycles. The number of hydrogen-bond donors (Lipinski definition) is 1. The van der Waals surface area contributed by atoms with Gasteiger partial charge in [-0.3, -0.25) is 0 Å². The van der Waals surface area contributed by atoms with Crippen LogP contribution >= 0.6 is 23.2 Å². The van der Waals surface area contributed by atoms with E-state index >= 15 is 0 Å². The van der Waals surface area contributed by atoms with Crippen LogP contribution in [0.2, 0.25) is 10.0 Å². The lowest BCUT2D eigenvalue weighted by atomic mass is 9.76. The van der Waals surface area contributed by atoms with Crippen LogP contribution in [0.5, 0.6) is 0 Å². The molecule has 112 valence electrons. The number of rotatable bonds is 1. The van der Waals surface area contributed by atoms with E-state index in [1.807, 2.05) is 6.07 Å². The highest BCUT2D eigenvalue weighted by Crippen LogP contribution is 2.52. The number of halogens is 2. The Balaban J connectivity index is 1.87. The molecular weight excluding hydrogens is 313 g/mol. The average molecular weight is 330 g/mol. The van der Waals surface area contributed by atoms with E-state index in [0.29, 0.717) is 21.9 Å². The highest BCUT2D eigenvalue weighted by atomic mass is 35.5. The Morgan fingerprint density at radius 3 is 2.68 bits per heavy atom. The number of nitrogens with one attached hydrogen (secondary N) is 1. The van der Waals surface area contributed by atoms with E-state index in [-0.39, 0.29) is 6.04 Å². The van der Waals surface area contributed by atoms with Gasteiger partial charge in [0.25, 0.3) is 0 Å². The predicted octanol–water partition coefficient (Wildman–Crippen LogP) is 6.13. The van der Waals surface area contributed by atoms with Gasteiger partial charge in [-0.2, -0.15) is 0 Å². The lowest BCUT2D eigenvalue weighted by Gasteiger charge is -2.38. The van der Waals surface area contributed by atoms with Crippen LogP contribution in [0.3, 0.4) is 0 Å². The number of anilines is 1. The summed E-state index contributed by atoms with van der Waals surface area (Å²) in [7, 11) is 0. The summed E-state index contributed by atoms with van der Waals surface area (Å²) in [6.07, 6.45) is 5.70. The molecule has 3 atom stereocenters. The monoisotopic (exact) mass is 329 g/mol. The summed E-state index contributed by atoms with van der Waals surface area (Å²) in [6.45, 7) is 2.17. The van der Waals surface area contributed by atoms with Crippen molar-refractivity contribution in [3.63, 3.8) is 0 Å². The van der Waals surface area contributed by atoms with Crippen LogP contribution < -0.4 is 5.32 Å². The Hall–Kier alpha value is -1.44. The van der Waals surface area contributed by atoms with Gasteiger partial charge in [-0.15, -0.1) is 0 Å². The molecule has 0 radical (unpaired) electrons. The largest absolute Gasteiger partial charge is 0.376 e. The highest BCUT2D eigenvalue weighted by molar-refractivity contribution is 6.43. The molecule has 4 rings (SSSR count). The molecule has 1 N–H and O–H groups in total. The third-order valence-corrected chi connectivity index (χ3v) is 5.75. The van der Waals surface area contributed by atoms with Gasteiger partial charge in [-0.25, -0.2) is 0 Å². The first-order valence-corrected chi connectivity index (χ1v) is 8.39. The van der Waals surface area contributed by atoms with Crippen LogP contribution in [-0.4, -0.2) is 0 Å². The summed E-state index contributed by atoms with van der Waals surface area (Å²) in [5, 5.41) is 4.92. The van der Waals surface area contributed by atoms with Crippen LogP contribution in [0.25, 0.3) is 0 Å². The molecule has 1 nitrogen and oxygen atoms in total. The zero-order valence-corrected chi connectivity index (χ0v) is 13.8. The molecule has 0 bridgehead atoms. The van der Waals surface area contributed by atoms with Crippen molar-refractivity contribution in [2.75, 3.05) is 5.32 Å². The summed E-state index contributed by atoms with van der Waals surface area (Å²) >= 11 is 12.7. The van der Waals surface area contributed by atoms with Crippen molar-refractivity contribution in [3.05, 3.63) is 75.3 Å². The Kier molecular flexibility index (Phi) is 3.43. The minimum atomic E-state index is 0.268. The molecule has 0 spiro atoms. The molecule has 1 aliphatic carbocycles. The summed E-state index contributed by atoms with van der Waals surface area (Å²) in [6, 6.07) is 12.9. The number of benzene rings is 2. The van der Waals surface area contributed by atoms with Crippen LogP contribution in [0.4, 0.5) is 5.69 Å². The number of fused-ring (bicyclic) bond motifs is 3. The molecule has 0 amide bonds. The van der Waals surface area contributed by atoms with E-state index in [9.17, 15) is 0 Å². The SMILES string of the molecule is Cc1ccccc1C1Nc2c(ccc(Cl)c2Cl)C2C=CCC21. The number of hydrogen-bond acceptors (Lipinski definition) is 1. The van der Waals surface area contributed by atoms with Gasteiger partial charge in [0.2, 0.25) is 0 Å². The lowest BCUT2D eigenvalue weighted by molar-refractivity contribution is 0.424. The summed E-state index contributed by atoms with van der Waals surface area (Å²) in [4.78, 5) is 0. The van der Waals surface area contributed by atoms with Gasteiger partial charge in [-0.05, 0) is 42.0 Å². The molecule has 0 aromatic heterocycles. The van der Waals surface area contributed by atoms with Gasteiger partial charge in [0.15, 0.2) is 0 Å². The fraction of sp³-hybridized carbons (Fsp3) is 0.263. The molecule has 2 aromatic carbocycles. The smallest absolute Gasteiger partial charge is 0.0826 e. The van der Waals surface area contributed by atoms with E-state index < -0.39 is 0 Å². The summed E-state index contributed by atoms with van der Waals surface area (Å²) in [5.74, 6) is 0.946. The second-order valence-electron chi connectivity index (χ2n) is 6.16. The highest BCUT2D eigenvalue weighted by Gasteiger charge is 2.39. The average Bonchev–Trinajstić information content (AvgIpc) is 3.00. The molecule has 0 saturated carbocycles. The third kappa shape index (κ3) is 2.07. The van der Waals surface area contributed by atoms with Crippen molar-refractivity contribution >= 4 is 28.9 Å². The zero-order valence-electron chi connectivity index (χ0n) is 12.3. The van der Waals surface area contributed by atoms with Gasteiger partial charge in [0.1, 0.15) is 0 Å². The lowest BCUT2D eigenvalue weighted by Crippen LogP contribution is -2.29. The zero-order chi connectivity index (χ0) is 15.3. The maximum absolute atomic E-state index is 6.48. The fourth-order valence-electron chi connectivity index (χ4n) is 3.85. The minimum Gasteiger partial charge on any atom is -0.376 e. The summed E-state index contributed by atoms with van der Waals surface area (Å²) in [5.41, 5.74) is 4.92. The molecule has 2 aliphatic rings. The van der Waals surface area contributed by atoms with Crippen molar-refractivity contribution in [1.82, 2.24) is 0 Å². The Morgan fingerprint density at radius 1 is 1.05 bits per heavy atom. The van der Waals surface area contributed by atoms with Crippen LogP contribution in [0, 0.1) is 12.8 Å². The van der Waals surface area contributed by atoms with Gasteiger partial charge in [-0.1, -0.05) is 65.7 Å². The van der Waals surface area contributed by atoms with Crippen molar-refractivity contribution in [2.24, 2.45) is 5.92 Å². The molecule has 3 unspecified atom stereocenters. The second kappa shape index (κ2) is 5.33. The Labute approximate surface area is 140 Å². The van der Waals surface area contributed by atoms with Crippen LogP contribution in [0.1, 0.15) is 35.1 Å². The van der Waals surface area contributed by atoms with E-state index in [1.165, 1.54) is 16.7 Å². The van der Waals surface area contributed by atoms with E-state index in [2.05, 4.69) is 54.7 Å². The molecule has 2 aromatic rings. The fourth-order valence-corrected chi connectivity index (χ4v) is 4.23. The maximum Gasteiger partial charge on any atom is 0.0826 e. The first-order chi connectivity index (χ1) is 10.7. The van der Waals surface area contributed by atoms with E-state index in [0.717, 1.165) is 12.1 Å². The third-order valence-electron chi connectivity index (χ3n) is 4.95. The Morgan fingerprint density at radius 2 is 1.86 bits per heavy atom. The first-order valence-electron chi connectivity index (χ1n) is 7.63. The molecule has 1 aliphatic heterocycles. The first kappa shape index (κ1) is 14.2. The van der Waals surface area contributed by atoms with Gasteiger partial charge in [0, 0.05) is 5.92 Å². The topological polar surface area (TPSA) is 12.0 Å². The molecular formula is C19H17Cl2N. The van der Waals surface area contributed by atoms with Crippen molar-refractivity contribution in [1.29, 1.82) is 0 Å². The van der Waals surface area contributed by atoms with Crippen LogP contribution in [-0.2, 0) is 0 Å². The van der Waals surface area contributed by atoms with Gasteiger partial charge < -0.3 is 5.32 Å². The second-order valence-corrected chi connectivity index (χ2v) is 6.94. The van der Waals surface area contributed by atoms with E-state index in [4.69, 9.17) is 23.2 Å². The van der Waals surface area contributed by atoms with Crippen molar-refractivity contribution in [3.8, 4) is 0 Å². The standard InChI is InChI=1S/C19H17Cl2N/c1-11-5-2-3-6-12(11)18-14-8-4-7-13(14)15-9-10-16(20)17(21)19(15)22-18/h2-7,9-10,13-14,18,22H,8H2,1H3. The van der Waals surface area contributed by atoms with Crippen molar-refractivity contribution < 1.29 is 0 Å². The molecule has 3 heteroatoms. The molecule has 22 heavy (non-hydrogen) atoms. The minimum absolute atomic E-state index is 0.268.